The Hall–Kier alpha value is -1.24. The van der Waals surface area contributed by atoms with Gasteiger partial charge in [0.25, 0.3) is 0 Å². The van der Waals surface area contributed by atoms with E-state index in [1.807, 2.05) is 12.1 Å². The van der Waals surface area contributed by atoms with Crippen molar-refractivity contribution in [3.8, 4) is 5.75 Å². The van der Waals surface area contributed by atoms with Crippen molar-refractivity contribution in [1.82, 2.24) is 9.80 Å². The van der Waals surface area contributed by atoms with Gasteiger partial charge in [0.15, 0.2) is 0 Å². The van der Waals surface area contributed by atoms with E-state index >= 15 is 0 Å². The Morgan fingerprint density at radius 3 is 2.63 bits per heavy atom. The van der Waals surface area contributed by atoms with Crippen LogP contribution in [0.5, 0.6) is 5.75 Å². The lowest BCUT2D eigenvalue weighted by Crippen LogP contribution is -2.48. The zero-order valence-corrected chi connectivity index (χ0v) is 16.8. The fraction of sp³-hybridized carbons (Fsp3) is 0.429. The molecule has 2 aliphatic rings. The number of aliphatic hydroxyl groups is 1. The summed E-state index contributed by atoms with van der Waals surface area (Å²) in [6, 6.07) is 12.2. The molecule has 2 aromatic carbocycles. The molecule has 0 aliphatic carbocycles. The summed E-state index contributed by atoms with van der Waals surface area (Å²) >= 11 is 8.07. The molecule has 0 radical (unpaired) electrons. The molecular formula is C21H25ClN2O2S. The minimum absolute atomic E-state index is 0.259. The van der Waals surface area contributed by atoms with Crippen molar-refractivity contribution in [2.24, 2.45) is 0 Å². The largest absolute Gasteiger partial charge is 0.508 e. The van der Waals surface area contributed by atoms with Gasteiger partial charge in [-0.2, -0.15) is 0 Å². The fourth-order valence-corrected chi connectivity index (χ4v) is 5.36. The molecule has 1 saturated heterocycles. The number of halogens is 1. The van der Waals surface area contributed by atoms with Crippen molar-refractivity contribution < 1.29 is 10.2 Å². The van der Waals surface area contributed by atoms with Gasteiger partial charge in [-0.3, -0.25) is 4.90 Å². The van der Waals surface area contributed by atoms with E-state index in [2.05, 4.69) is 28.0 Å². The van der Waals surface area contributed by atoms with Crippen molar-refractivity contribution >= 4 is 23.4 Å². The lowest BCUT2D eigenvalue weighted by atomic mass is 9.96. The van der Waals surface area contributed by atoms with Gasteiger partial charge in [0.05, 0.1) is 0 Å². The molecule has 144 valence electrons. The van der Waals surface area contributed by atoms with Crippen LogP contribution in [0.3, 0.4) is 0 Å². The van der Waals surface area contributed by atoms with Crippen molar-refractivity contribution in [3.63, 3.8) is 0 Å². The van der Waals surface area contributed by atoms with Crippen molar-refractivity contribution in [1.29, 1.82) is 0 Å². The Kier molecular flexibility index (Phi) is 5.95. The molecule has 4 rings (SSSR count). The molecule has 0 bridgehead atoms. The summed E-state index contributed by atoms with van der Waals surface area (Å²) in [5.74, 6) is 0.313. The topological polar surface area (TPSA) is 46.9 Å². The number of hydrogen-bond acceptors (Lipinski definition) is 5. The van der Waals surface area contributed by atoms with Crippen LogP contribution in [0.15, 0.2) is 46.2 Å². The van der Waals surface area contributed by atoms with Crippen LogP contribution in [-0.4, -0.2) is 59.3 Å². The number of aliphatic hydroxyl groups excluding tert-OH is 1. The number of phenolic OH excluding ortho intramolecular Hbond substituents is 1. The van der Waals surface area contributed by atoms with Crippen LogP contribution in [0.4, 0.5) is 0 Å². The minimum Gasteiger partial charge on any atom is -0.508 e. The van der Waals surface area contributed by atoms with Crippen LogP contribution in [0, 0.1) is 0 Å². The first-order chi connectivity index (χ1) is 13.1. The Bertz CT molecular complexity index is 809. The normalized spacial score (nSPS) is 20.7. The third-order valence-corrected chi connectivity index (χ3v) is 6.92. The summed E-state index contributed by atoms with van der Waals surface area (Å²) in [4.78, 5) is 7.34. The highest BCUT2D eigenvalue weighted by molar-refractivity contribution is 7.99. The number of nitrogens with zero attached hydrogens (tertiary/aromatic N) is 2. The molecule has 2 aromatic rings. The molecule has 0 aromatic heterocycles. The second-order valence-corrected chi connectivity index (χ2v) is 8.77. The molecule has 2 heterocycles. The maximum atomic E-state index is 9.92. The SMILES string of the molecule is OCCCN1CCN(C2Cc3ccc(O)cc3Sc3ccc(Cl)cc32)CC1. The van der Waals surface area contributed by atoms with Gasteiger partial charge in [-0.15, -0.1) is 0 Å². The van der Waals surface area contributed by atoms with Crippen LogP contribution in [0.25, 0.3) is 0 Å². The van der Waals surface area contributed by atoms with Gasteiger partial charge in [-0.05, 0) is 54.3 Å². The Morgan fingerprint density at radius 1 is 1.04 bits per heavy atom. The van der Waals surface area contributed by atoms with E-state index in [0.29, 0.717) is 5.75 Å². The highest BCUT2D eigenvalue weighted by atomic mass is 35.5. The Morgan fingerprint density at radius 2 is 1.85 bits per heavy atom. The highest BCUT2D eigenvalue weighted by Crippen LogP contribution is 2.44. The van der Waals surface area contributed by atoms with Crippen molar-refractivity contribution in [3.05, 3.63) is 52.5 Å². The summed E-state index contributed by atoms with van der Waals surface area (Å²) in [7, 11) is 0. The van der Waals surface area contributed by atoms with E-state index in [1.54, 1.807) is 17.8 Å². The monoisotopic (exact) mass is 404 g/mol. The second-order valence-electron chi connectivity index (χ2n) is 7.25. The summed E-state index contributed by atoms with van der Waals surface area (Å²) in [6.45, 7) is 5.31. The zero-order chi connectivity index (χ0) is 18.8. The molecular weight excluding hydrogens is 380 g/mol. The van der Waals surface area contributed by atoms with E-state index in [1.165, 1.54) is 16.0 Å². The van der Waals surface area contributed by atoms with E-state index < -0.39 is 0 Å². The van der Waals surface area contributed by atoms with E-state index in [-0.39, 0.29) is 12.6 Å². The smallest absolute Gasteiger partial charge is 0.116 e. The quantitative estimate of drug-likeness (QED) is 0.811. The maximum Gasteiger partial charge on any atom is 0.116 e. The first-order valence-corrected chi connectivity index (χ1v) is 10.7. The number of rotatable bonds is 4. The van der Waals surface area contributed by atoms with E-state index in [0.717, 1.165) is 55.5 Å². The lowest BCUT2D eigenvalue weighted by molar-refractivity contribution is 0.0899. The van der Waals surface area contributed by atoms with Crippen LogP contribution in [0.1, 0.15) is 23.6 Å². The average Bonchev–Trinajstić information content (AvgIpc) is 2.83. The van der Waals surface area contributed by atoms with Gasteiger partial charge in [-0.1, -0.05) is 29.4 Å². The number of phenols is 1. The van der Waals surface area contributed by atoms with Gasteiger partial charge >= 0.3 is 0 Å². The summed E-state index contributed by atoms with van der Waals surface area (Å²) in [6.07, 6.45) is 1.77. The molecule has 1 unspecified atom stereocenters. The number of fused-ring (bicyclic) bond motifs is 2. The maximum absolute atomic E-state index is 9.92. The average molecular weight is 405 g/mol. The molecule has 6 heteroatoms. The van der Waals surface area contributed by atoms with Crippen LogP contribution >= 0.6 is 23.4 Å². The van der Waals surface area contributed by atoms with Crippen molar-refractivity contribution in [2.45, 2.75) is 28.7 Å². The van der Waals surface area contributed by atoms with Crippen LogP contribution in [0.2, 0.25) is 5.02 Å². The Balaban J connectivity index is 1.61. The predicted molar refractivity (Wildman–Crippen MR) is 110 cm³/mol. The third-order valence-electron chi connectivity index (χ3n) is 5.49. The molecule has 2 aliphatic heterocycles. The number of aromatic hydroxyl groups is 1. The predicted octanol–water partition coefficient (Wildman–Crippen LogP) is 3.79. The molecule has 4 nitrogen and oxygen atoms in total. The minimum atomic E-state index is 0.259. The second kappa shape index (κ2) is 8.41. The standard InChI is InChI=1S/C21H25ClN2O2S/c22-16-3-5-20-18(13-16)19(12-15-2-4-17(26)14-21(15)27-20)24-9-7-23(8-10-24)6-1-11-25/h2-5,13-14,19,25-26H,1,6-12H2. The van der Waals surface area contributed by atoms with Gasteiger partial charge in [0.1, 0.15) is 5.75 Å². The Labute approximate surface area is 169 Å². The number of benzene rings is 2. The molecule has 1 fully saturated rings. The highest BCUT2D eigenvalue weighted by Gasteiger charge is 2.30. The summed E-state index contributed by atoms with van der Waals surface area (Å²) < 4.78 is 0. The lowest BCUT2D eigenvalue weighted by Gasteiger charge is -2.39. The first-order valence-electron chi connectivity index (χ1n) is 9.50. The van der Waals surface area contributed by atoms with E-state index in [9.17, 15) is 5.11 Å². The van der Waals surface area contributed by atoms with E-state index in [4.69, 9.17) is 16.7 Å². The first kappa shape index (κ1) is 19.1. The molecule has 0 amide bonds. The van der Waals surface area contributed by atoms with Gasteiger partial charge < -0.3 is 15.1 Å². The molecule has 0 saturated carbocycles. The van der Waals surface area contributed by atoms with Crippen molar-refractivity contribution in [2.75, 3.05) is 39.3 Å². The molecule has 27 heavy (non-hydrogen) atoms. The van der Waals surface area contributed by atoms with Crippen LogP contribution < -0.4 is 0 Å². The third kappa shape index (κ3) is 4.28. The van der Waals surface area contributed by atoms with Gasteiger partial charge in [0, 0.05) is 60.2 Å². The fourth-order valence-electron chi connectivity index (χ4n) is 4.04. The molecule has 1 atom stereocenters. The summed E-state index contributed by atoms with van der Waals surface area (Å²) in [5.41, 5.74) is 2.56. The van der Waals surface area contributed by atoms with Gasteiger partial charge in [-0.25, -0.2) is 0 Å². The zero-order valence-electron chi connectivity index (χ0n) is 15.3. The number of piperazine rings is 1. The number of hydrogen-bond donors (Lipinski definition) is 2. The molecule has 0 spiro atoms. The van der Waals surface area contributed by atoms with Gasteiger partial charge in [0.2, 0.25) is 0 Å². The summed E-state index contributed by atoms with van der Waals surface area (Å²) in [5, 5.41) is 19.8. The van der Waals surface area contributed by atoms with Crippen LogP contribution in [-0.2, 0) is 6.42 Å². The molecule has 2 N–H and O–H groups in total.